The van der Waals surface area contributed by atoms with Crippen molar-refractivity contribution in [3.05, 3.63) is 76.2 Å². The van der Waals surface area contributed by atoms with Crippen molar-refractivity contribution in [1.29, 1.82) is 0 Å². The minimum absolute atomic E-state index is 0.0491. The van der Waals surface area contributed by atoms with Gasteiger partial charge in [0.1, 0.15) is 5.75 Å². The lowest BCUT2D eigenvalue weighted by molar-refractivity contribution is -0.119. The Morgan fingerprint density at radius 1 is 1.17 bits per heavy atom. The Labute approximate surface area is 168 Å². The first-order chi connectivity index (χ1) is 14.0. The van der Waals surface area contributed by atoms with E-state index >= 15 is 0 Å². The van der Waals surface area contributed by atoms with Crippen molar-refractivity contribution in [3.63, 3.8) is 0 Å². The summed E-state index contributed by atoms with van der Waals surface area (Å²) in [6.45, 7) is 1.78. The van der Waals surface area contributed by atoms with E-state index in [1.54, 1.807) is 36.5 Å². The molecule has 0 unspecified atom stereocenters. The standard InChI is InChI=1S/C21H23N5O3/c1-15-19(25(2)26(21(15)28)17-9-5-4-6-10-17)13-23-24-20(27)14-22-16-8-7-11-18(12-16)29-3/h4-13,22H,14H2,1-3H3,(H,24,27)/b23-13-. The third-order valence-electron chi connectivity index (χ3n) is 4.45. The summed E-state index contributed by atoms with van der Waals surface area (Å²) in [5, 5.41) is 7.00. The zero-order valence-electron chi connectivity index (χ0n) is 16.5. The maximum atomic E-state index is 12.6. The Bertz CT molecular complexity index is 1080. The van der Waals surface area contributed by atoms with E-state index in [9.17, 15) is 9.59 Å². The third-order valence-corrected chi connectivity index (χ3v) is 4.45. The fraction of sp³-hybridized carbons (Fsp3) is 0.190. The largest absolute Gasteiger partial charge is 0.497 e. The van der Waals surface area contributed by atoms with Crippen LogP contribution < -0.4 is 21.0 Å². The zero-order valence-corrected chi connectivity index (χ0v) is 16.5. The average molecular weight is 393 g/mol. The van der Waals surface area contributed by atoms with Crippen LogP contribution in [0, 0.1) is 6.92 Å². The quantitative estimate of drug-likeness (QED) is 0.475. The van der Waals surface area contributed by atoms with E-state index in [4.69, 9.17) is 4.74 Å². The second-order valence-corrected chi connectivity index (χ2v) is 6.37. The molecule has 0 bridgehead atoms. The summed E-state index contributed by atoms with van der Waals surface area (Å²) in [6, 6.07) is 16.6. The fourth-order valence-corrected chi connectivity index (χ4v) is 2.92. The van der Waals surface area contributed by atoms with Gasteiger partial charge >= 0.3 is 0 Å². The summed E-state index contributed by atoms with van der Waals surface area (Å²) in [5.74, 6) is 0.391. The molecule has 2 aromatic carbocycles. The number of amides is 1. The second-order valence-electron chi connectivity index (χ2n) is 6.37. The van der Waals surface area contributed by atoms with Gasteiger partial charge in [0.25, 0.3) is 11.5 Å². The van der Waals surface area contributed by atoms with Crippen LogP contribution >= 0.6 is 0 Å². The van der Waals surface area contributed by atoms with Crippen molar-refractivity contribution in [1.82, 2.24) is 14.8 Å². The van der Waals surface area contributed by atoms with Crippen molar-refractivity contribution in [2.24, 2.45) is 12.1 Å². The number of nitrogens with one attached hydrogen (secondary N) is 2. The molecule has 0 saturated carbocycles. The Balaban J connectivity index is 1.66. The van der Waals surface area contributed by atoms with E-state index in [-0.39, 0.29) is 18.0 Å². The zero-order chi connectivity index (χ0) is 20.8. The van der Waals surface area contributed by atoms with Crippen molar-refractivity contribution in [3.8, 4) is 11.4 Å². The van der Waals surface area contributed by atoms with Gasteiger partial charge in [-0.2, -0.15) is 5.10 Å². The van der Waals surface area contributed by atoms with Crippen LogP contribution in [0.1, 0.15) is 11.3 Å². The minimum Gasteiger partial charge on any atom is -0.497 e. The number of nitrogens with zero attached hydrogens (tertiary/aromatic N) is 3. The summed E-state index contributed by atoms with van der Waals surface area (Å²) in [7, 11) is 3.36. The van der Waals surface area contributed by atoms with Crippen LogP contribution in [0.5, 0.6) is 5.75 Å². The molecule has 1 amide bonds. The van der Waals surface area contributed by atoms with Crippen LogP contribution in [0.2, 0.25) is 0 Å². The van der Waals surface area contributed by atoms with Gasteiger partial charge in [0.05, 0.1) is 31.3 Å². The summed E-state index contributed by atoms with van der Waals surface area (Å²) in [5.41, 5.74) is 5.01. The highest BCUT2D eigenvalue weighted by molar-refractivity contribution is 5.84. The van der Waals surface area contributed by atoms with Crippen molar-refractivity contribution >= 4 is 17.8 Å². The maximum absolute atomic E-state index is 12.6. The van der Waals surface area contributed by atoms with Gasteiger partial charge in [-0.05, 0) is 31.2 Å². The van der Waals surface area contributed by atoms with Gasteiger partial charge in [-0.3, -0.25) is 14.3 Å². The highest BCUT2D eigenvalue weighted by Gasteiger charge is 2.14. The van der Waals surface area contributed by atoms with Gasteiger partial charge in [0.2, 0.25) is 0 Å². The number of hydrogen-bond donors (Lipinski definition) is 2. The first-order valence-electron chi connectivity index (χ1n) is 9.05. The number of ether oxygens (including phenoxy) is 1. The number of para-hydroxylation sites is 1. The Kier molecular flexibility index (Phi) is 6.13. The molecule has 0 saturated heterocycles. The normalized spacial score (nSPS) is 10.9. The van der Waals surface area contributed by atoms with Gasteiger partial charge < -0.3 is 10.1 Å². The lowest BCUT2D eigenvalue weighted by atomic mass is 10.3. The minimum atomic E-state index is -0.311. The van der Waals surface area contributed by atoms with Crippen LogP contribution in [-0.4, -0.2) is 35.1 Å². The number of hydrazone groups is 1. The van der Waals surface area contributed by atoms with Crippen LogP contribution in [0.15, 0.2) is 64.5 Å². The van der Waals surface area contributed by atoms with E-state index in [0.717, 1.165) is 11.4 Å². The molecule has 0 aliphatic heterocycles. The number of aromatic nitrogens is 2. The predicted molar refractivity (Wildman–Crippen MR) is 113 cm³/mol. The summed E-state index contributed by atoms with van der Waals surface area (Å²) < 4.78 is 8.41. The van der Waals surface area contributed by atoms with E-state index in [0.29, 0.717) is 17.0 Å². The molecule has 1 aromatic heterocycles. The van der Waals surface area contributed by atoms with Gasteiger partial charge in [-0.15, -0.1) is 0 Å². The number of carbonyl (C=O) groups excluding carboxylic acids is 1. The SMILES string of the molecule is COc1cccc(NCC(=O)N/N=C\c2c(C)c(=O)n(-c3ccccc3)n2C)c1. The smallest absolute Gasteiger partial charge is 0.274 e. The molecule has 0 fully saturated rings. The molecule has 0 radical (unpaired) electrons. The van der Waals surface area contributed by atoms with E-state index in [2.05, 4.69) is 15.8 Å². The Hall–Kier alpha value is -3.81. The van der Waals surface area contributed by atoms with Gasteiger partial charge in [-0.1, -0.05) is 24.3 Å². The molecular weight excluding hydrogens is 370 g/mol. The van der Waals surface area contributed by atoms with Crippen LogP contribution in [-0.2, 0) is 11.8 Å². The Morgan fingerprint density at radius 2 is 1.93 bits per heavy atom. The molecule has 8 nitrogen and oxygen atoms in total. The topological polar surface area (TPSA) is 89.7 Å². The number of benzene rings is 2. The molecule has 2 N–H and O–H groups in total. The van der Waals surface area contributed by atoms with Gasteiger partial charge in [0, 0.05) is 24.4 Å². The van der Waals surface area contributed by atoms with E-state index in [1.165, 1.54) is 6.21 Å². The molecule has 0 aliphatic rings. The number of hydrogen-bond acceptors (Lipinski definition) is 5. The second kappa shape index (κ2) is 8.92. The molecule has 3 rings (SSSR count). The highest BCUT2D eigenvalue weighted by atomic mass is 16.5. The predicted octanol–water partition coefficient (Wildman–Crippen LogP) is 2.06. The number of carbonyl (C=O) groups is 1. The number of anilines is 1. The van der Waals surface area contributed by atoms with E-state index in [1.807, 2.05) is 48.5 Å². The monoisotopic (exact) mass is 393 g/mol. The molecule has 0 spiro atoms. The van der Waals surface area contributed by atoms with Crippen molar-refractivity contribution < 1.29 is 9.53 Å². The lowest BCUT2D eigenvalue weighted by Gasteiger charge is -2.08. The molecule has 1 heterocycles. The Morgan fingerprint density at radius 3 is 2.66 bits per heavy atom. The lowest BCUT2D eigenvalue weighted by Crippen LogP contribution is -2.26. The molecule has 8 heteroatoms. The highest BCUT2D eigenvalue weighted by Crippen LogP contribution is 2.16. The summed E-state index contributed by atoms with van der Waals surface area (Å²) >= 11 is 0. The molecule has 3 aromatic rings. The van der Waals surface area contributed by atoms with E-state index < -0.39 is 0 Å². The summed E-state index contributed by atoms with van der Waals surface area (Å²) in [4.78, 5) is 24.6. The first kappa shape index (κ1) is 19.9. The third kappa shape index (κ3) is 4.55. The molecular formula is C21H23N5O3. The molecule has 150 valence electrons. The molecule has 0 aliphatic carbocycles. The maximum Gasteiger partial charge on any atom is 0.274 e. The average Bonchev–Trinajstić information content (AvgIpc) is 2.96. The van der Waals surface area contributed by atoms with Crippen LogP contribution in [0.3, 0.4) is 0 Å². The van der Waals surface area contributed by atoms with Crippen molar-refractivity contribution in [2.45, 2.75) is 6.92 Å². The van der Waals surface area contributed by atoms with Gasteiger partial charge in [0.15, 0.2) is 0 Å². The van der Waals surface area contributed by atoms with Crippen LogP contribution in [0.4, 0.5) is 5.69 Å². The first-order valence-corrected chi connectivity index (χ1v) is 9.05. The molecule has 29 heavy (non-hydrogen) atoms. The fourth-order valence-electron chi connectivity index (χ4n) is 2.92. The number of rotatable bonds is 7. The number of methoxy groups -OCH3 is 1. The van der Waals surface area contributed by atoms with Crippen LogP contribution in [0.25, 0.3) is 5.69 Å². The van der Waals surface area contributed by atoms with Gasteiger partial charge in [-0.25, -0.2) is 10.1 Å². The van der Waals surface area contributed by atoms with Crippen molar-refractivity contribution in [2.75, 3.05) is 19.0 Å². The molecule has 0 atom stereocenters. The summed E-state index contributed by atoms with van der Waals surface area (Å²) in [6.07, 6.45) is 1.47.